The SMILES string of the molecule is Cc1cc(C(=O)N2CCC(C)CC2)nc(NCC(C)C)n1. The molecule has 1 fully saturated rings. The molecule has 0 bridgehead atoms. The Balaban J connectivity index is 2.09. The summed E-state index contributed by atoms with van der Waals surface area (Å²) in [5, 5.41) is 3.20. The third-order valence-electron chi connectivity index (χ3n) is 3.81. The number of rotatable bonds is 4. The van der Waals surface area contributed by atoms with Gasteiger partial charge in [-0.1, -0.05) is 20.8 Å². The first-order chi connectivity index (χ1) is 9.95. The highest BCUT2D eigenvalue weighted by atomic mass is 16.2. The number of hydrogen-bond acceptors (Lipinski definition) is 4. The van der Waals surface area contributed by atoms with Crippen molar-refractivity contribution in [3.8, 4) is 0 Å². The lowest BCUT2D eigenvalue weighted by Crippen LogP contribution is -2.38. The van der Waals surface area contributed by atoms with Crippen molar-refractivity contribution in [2.75, 3.05) is 25.0 Å². The largest absolute Gasteiger partial charge is 0.354 e. The predicted octanol–water partition coefficient (Wildman–Crippen LogP) is 2.73. The second-order valence-corrected chi connectivity index (χ2v) is 6.47. The van der Waals surface area contributed by atoms with Crippen molar-refractivity contribution in [1.82, 2.24) is 14.9 Å². The first-order valence-corrected chi connectivity index (χ1v) is 7.84. The van der Waals surface area contributed by atoms with Crippen LogP contribution in [-0.2, 0) is 0 Å². The van der Waals surface area contributed by atoms with Crippen LogP contribution in [0.1, 0.15) is 49.8 Å². The first-order valence-electron chi connectivity index (χ1n) is 7.84. The van der Waals surface area contributed by atoms with Gasteiger partial charge in [-0.25, -0.2) is 9.97 Å². The average molecular weight is 290 g/mol. The summed E-state index contributed by atoms with van der Waals surface area (Å²) in [6.07, 6.45) is 2.16. The van der Waals surface area contributed by atoms with Crippen LogP contribution in [0.3, 0.4) is 0 Å². The molecule has 5 heteroatoms. The number of aryl methyl sites for hydroxylation is 1. The fourth-order valence-electron chi connectivity index (χ4n) is 2.43. The Hall–Kier alpha value is -1.65. The summed E-state index contributed by atoms with van der Waals surface area (Å²) >= 11 is 0. The molecule has 0 aromatic carbocycles. The highest BCUT2D eigenvalue weighted by Crippen LogP contribution is 2.18. The Kier molecular flexibility index (Phi) is 5.15. The van der Waals surface area contributed by atoms with Crippen LogP contribution >= 0.6 is 0 Å². The normalized spacial score (nSPS) is 16.3. The molecular formula is C16H26N4O. The summed E-state index contributed by atoms with van der Waals surface area (Å²) in [4.78, 5) is 23.2. The summed E-state index contributed by atoms with van der Waals surface area (Å²) in [5.41, 5.74) is 1.33. The van der Waals surface area contributed by atoms with Gasteiger partial charge in [0, 0.05) is 25.3 Å². The molecule has 1 amide bonds. The van der Waals surface area contributed by atoms with Crippen LogP contribution in [0.15, 0.2) is 6.07 Å². The summed E-state index contributed by atoms with van der Waals surface area (Å²) in [5.74, 6) is 1.80. The van der Waals surface area contributed by atoms with E-state index in [0.717, 1.165) is 38.2 Å². The second-order valence-electron chi connectivity index (χ2n) is 6.47. The number of likely N-dealkylation sites (tertiary alicyclic amines) is 1. The third-order valence-corrected chi connectivity index (χ3v) is 3.81. The van der Waals surface area contributed by atoms with E-state index in [9.17, 15) is 4.79 Å². The predicted molar refractivity (Wildman–Crippen MR) is 84.4 cm³/mol. The number of carbonyl (C=O) groups excluding carboxylic acids is 1. The first kappa shape index (κ1) is 15.7. The van der Waals surface area contributed by atoms with Crippen LogP contribution in [0.25, 0.3) is 0 Å². The molecule has 1 saturated heterocycles. The standard InChI is InChI=1S/C16H26N4O/c1-11(2)10-17-16-18-13(4)9-14(19-16)15(21)20-7-5-12(3)6-8-20/h9,11-12H,5-8,10H2,1-4H3,(H,17,18,19). The molecule has 1 aliphatic heterocycles. The van der Waals surface area contributed by atoms with E-state index >= 15 is 0 Å². The summed E-state index contributed by atoms with van der Waals surface area (Å²) in [6.45, 7) is 10.9. The number of hydrogen-bond donors (Lipinski definition) is 1. The van der Waals surface area contributed by atoms with Crippen molar-refractivity contribution in [2.24, 2.45) is 11.8 Å². The molecule has 0 aliphatic carbocycles. The number of anilines is 1. The topological polar surface area (TPSA) is 58.1 Å². The Labute approximate surface area is 127 Å². The number of nitrogens with zero attached hydrogens (tertiary/aromatic N) is 3. The van der Waals surface area contributed by atoms with Crippen LogP contribution < -0.4 is 5.32 Å². The van der Waals surface area contributed by atoms with Crippen molar-refractivity contribution >= 4 is 11.9 Å². The van der Waals surface area contributed by atoms with Gasteiger partial charge in [0.1, 0.15) is 5.69 Å². The van der Waals surface area contributed by atoms with Crippen molar-refractivity contribution in [1.29, 1.82) is 0 Å². The Morgan fingerprint density at radius 3 is 2.67 bits per heavy atom. The van der Waals surface area contributed by atoms with Crippen molar-refractivity contribution in [2.45, 2.75) is 40.5 Å². The molecule has 0 spiro atoms. The minimum Gasteiger partial charge on any atom is -0.354 e. The zero-order valence-electron chi connectivity index (χ0n) is 13.5. The zero-order chi connectivity index (χ0) is 15.4. The Morgan fingerprint density at radius 2 is 2.05 bits per heavy atom. The molecule has 1 N–H and O–H groups in total. The van der Waals surface area contributed by atoms with Crippen LogP contribution in [0.2, 0.25) is 0 Å². The minimum absolute atomic E-state index is 0.0278. The van der Waals surface area contributed by atoms with Crippen molar-refractivity contribution < 1.29 is 4.79 Å². The quantitative estimate of drug-likeness (QED) is 0.926. The fourth-order valence-corrected chi connectivity index (χ4v) is 2.43. The molecule has 1 aliphatic rings. The molecule has 1 aromatic heterocycles. The maximum atomic E-state index is 12.6. The average Bonchev–Trinajstić information content (AvgIpc) is 2.44. The maximum Gasteiger partial charge on any atom is 0.272 e. The van der Waals surface area contributed by atoms with Gasteiger partial charge in [-0.05, 0) is 37.7 Å². The minimum atomic E-state index is 0.0278. The van der Waals surface area contributed by atoms with Gasteiger partial charge < -0.3 is 10.2 Å². The van der Waals surface area contributed by atoms with Gasteiger partial charge in [-0.2, -0.15) is 0 Å². The number of nitrogens with one attached hydrogen (secondary N) is 1. The number of aromatic nitrogens is 2. The van der Waals surface area contributed by atoms with E-state index in [2.05, 4.69) is 36.1 Å². The van der Waals surface area contributed by atoms with E-state index < -0.39 is 0 Å². The van der Waals surface area contributed by atoms with E-state index in [1.807, 2.05) is 11.8 Å². The van der Waals surface area contributed by atoms with Crippen LogP contribution in [0, 0.1) is 18.8 Å². The molecule has 2 heterocycles. The van der Waals surface area contributed by atoms with E-state index in [1.165, 1.54) is 0 Å². The number of piperidine rings is 1. The fraction of sp³-hybridized carbons (Fsp3) is 0.688. The highest BCUT2D eigenvalue weighted by Gasteiger charge is 2.23. The van der Waals surface area contributed by atoms with Gasteiger partial charge in [-0.3, -0.25) is 4.79 Å². The third kappa shape index (κ3) is 4.41. The van der Waals surface area contributed by atoms with Gasteiger partial charge in [0.2, 0.25) is 5.95 Å². The summed E-state index contributed by atoms with van der Waals surface area (Å²) in [6, 6.07) is 1.78. The number of carbonyl (C=O) groups is 1. The van der Waals surface area contributed by atoms with E-state index in [0.29, 0.717) is 23.5 Å². The number of amides is 1. The second kappa shape index (κ2) is 6.87. The maximum absolute atomic E-state index is 12.6. The van der Waals surface area contributed by atoms with E-state index in [1.54, 1.807) is 6.07 Å². The van der Waals surface area contributed by atoms with Crippen LogP contribution in [-0.4, -0.2) is 40.4 Å². The molecule has 21 heavy (non-hydrogen) atoms. The summed E-state index contributed by atoms with van der Waals surface area (Å²) in [7, 11) is 0. The van der Waals surface area contributed by atoms with Gasteiger partial charge in [0.15, 0.2) is 0 Å². The lowest BCUT2D eigenvalue weighted by Gasteiger charge is -2.30. The molecule has 0 atom stereocenters. The van der Waals surface area contributed by atoms with Gasteiger partial charge in [0.25, 0.3) is 5.91 Å². The molecular weight excluding hydrogens is 264 g/mol. The Morgan fingerprint density at radius 1 is 1.38 bits per heavy atom. The van der Waals surface area contributed by atoms with Crippen molar-refractivity contribution in [3.63, 3.8) is 0 Å². The smallest absolute Gasteiger partial charge is 0.272 e. The van der Waals surface area contributed by atoms with E-state index in [4.69, 9.17) is 0 Å². The van der Waals surface area contributed by atoms with E-state index in [-0.39, 0.29) is 5.91 Å². The van der Waals surface area contributed by atoms with Gasteiger partial charge in [-0.15, -0.1) is 0 Å². The lowest BCUT2D eigenvalue weighted by molar-refractivity contribution is 0.0691. The molecule has 0 saturated carbocycles. The van der Waals surface area contributed by atoms with Crippen LogP contribution in [0.4, 0.5) is 5.95 Å². The van der Waals surface area contributed by atoms with Crippen LogP contribution in [0.5, 0.6) is 0 Å². The molecule has 1 aromatic rings. The highest BCUT2D eigenvalue weighted by molar-refractivity contribution is 5.92. The van der Waals surface area contributed by atoms with Gasteiger partial charge >= 0.3 is 0 Å². The molecule has 2 rings (SSSR count). The summed E-state index contributed by atoms with van der Waals surface area (Å²) < 4.78 is 0. The molecule has 5 nitrogen and oxygen atoms in total. The molecule has 116 valence electrons. The van der Waals surface area contributed by atoms with Gasteiger partial charge in [0.05, 0.1) is 0 Å². The van der Waals surface area contributed by atoms with Crippen molar-refractivity contribution in [3.05, 3.63) is 17.5 Å². The monoisotopic (exact) mass is 290 g/mol. The molecule has 0 radical (unpaired) electrons. The lowest BCUT2D eigenvalue weighted by atomic mass is 9.99. The molecule has 0 unspecified atom stereocenters. The Bertz CT molecular complexity index is 493. The zero-order valence-corrected chi connectivity index (χ0v) is 13.5.